The number of aromatic nitrogens is 2. The summed E-state index contributed by atoms with van der Waals surface area (Å²) in [4.78, 5) is 26.4. The van der Waals surface area contributed by atoms with E-state index < -0.39 is 17.7 Å². The van der Waals surface area contributed by atoms with Gasteiger partial charge in [-0.3, -0.25) is 4.79 Å². The second kappa shape index (κ2) is 10.2. The van der Waals surface area contributed by atoms with E-state index in [0.29, 0.717) is 24.6 Å². The molecule has 1 fully saturated rings. The third-order valence-corrected chi connectivity index (χ3v) is 8.61. The van der Waals surface area contributed by atoms with E-state index in [-0.39, 0.29) is 24.4 Å². The van der Waals surface area contributed by atoms with Crippen molar-refractivity contribution in [3.63, 3.8) is 0 Å². The standard InChI is InChI=1S/C28H36N6O3S/c1-7-34-28(6,20-10-8-19(9-11-20)25-18(5)29-15-38-25)30-26(31-34)22-13-21(35)14-33(22)27(36)24(16(2)3)23-12-17(4)32-37-23/h8-12,15-16,21-22,24,35H,7,13-14H2,1-6H3,(H,30,31)/t21-,22?,24?,28-/m1/s1. The van der Waals surface area contributed by atoms with Crippen LogP contribution in [0.3, 0.4) is 0 Å². The van der Waals surface area contributed by atoms with Crippen LogP contribution in [-0.4, -0.2) is 62.1 Å². The molecule has 2 aliphatic rings. The van der Waals surface area contributed by atoms with E-state index in [1.807, 2.05) is 39.3 Å². The maximum Gasteiger partial charge on any atom is 0.234 e. The molecule has 3 aromatic rings. The molecule has 0 radical (unpaired) electrons. The fraction of sp³-hybridized carbons (Fsp3) is 0.500. The highest BCUT2D eigenvalue weighted by Gasteiger charge is 2.47. The number of β-amino-alcohol motifs (C(OH)–C–C–N with tert-alkyl or cyclic N) is 1. The molecule has 2 aromatic heterocycles. The summed E-state index contributed by atoms with van der Waals surface area (Å²) in [5, 5.41) is 16.7. The summed E-state index contributed by atoms with van der Waals surface area (Å²) in [7, 11) is 0. The van der Waals surface area contributed by atoms with Crippen molar-refractivity contribution >= 4 is 23.1 Å². The van der Waals surface area contributed by atoms with Gasteiger partial charge in [0, 0.05) is 25.6 Å². The minimum absolute atomic E-state index is 0.00446. The van der Waals surface area contributed by atoms with Gasteiger partial charge in [-0.25, -0.2) is 9.98 Å². The van der Waals surface area contributed by atoms with E-state index in [1.54, 1.807) is 16.2 Å². The van der Waals surface area contributed by atoms with Crippen molar-refractivity contribution in [2.45, 2.75) is 71.7 Å². The molecule has 0 bridgehead atoms. The van der Waals surface area contributed by atoms with Crippen molar-refractivity contribution in [1.29, 1.82) is 0 Å². The highest BCUT2D eigenvalue weighted by atomic mass is 32.1. The zero-order chi connectivity index (χ0) is 27.2. The van der Waals surface area contributed by atoms with Crippen molar-refractivity contribution in [1.82, 2.24) is 25.5 Å². The smallest absolute Gasteiger partial charge is 0.234 e. The molecule has 4 atom stereocenters. The van der Waals surface area contributed by atoms with Crippen molar-refractivity contribution in [2.75, 3.05) is 13.1 Å². The van der Waals surface area contributed by atoms with Gasteiger partial charge in [-0.15, -0.1) is 11.3 Å². The molecule has 9 nitrogen and oxygen atoms in total. The van der Waals surface area contributed by atoms with Gasteiger partial charge in [-0.1, -0.05) is 50.2 Å². The molecule has 10 heteroatoms. The number of aliphatic hydroxyl groups is 1. The molecule has 0 aliphatic carbocycles. The summed E-state index contributed by atoms with van der Waals surface area (Å²) < 4.78 is 5.51. The fourth-order valence-electron chi connectivity index (χ4n) is 5.60. The number of aryl methyl sites for hydroxylation is 2. The number of aliphatic hydroxyl groups excluding tert-OH is 1. The third kappa shape index (κ3) is 4.65. The van der Waals surface area contributed by atoms with Crippen molar-refractivity contribution in [3.8, 4) is 10.4 Å². The first-order valence-electron chi connectivity index (χ1n) is 13.2. The average molecular weight is 537 g/mol. The number of amides is 1. The predicted octanol–water partition coefficient (Wildman–Crippen LogP) is 4.23. The zero-order valence-corrected chi connectivity index (χ0v) is 23.6. The summed E-state index contributed by atoms with van der Waals surface area (Å²) in [6.07, 6.45) is -0.198. The van der Waals surface area contributed by atoms with E-state index >= 15 is 0 Å². The summed E-state index contributed by atoms with van der Waals surface area (Å²) >= 11 is 1.64. The number of thiazole rings is 1. The summed E-state index contributed by atoms with van der Waals surface area (Å²) in [6, 6.07) is 9.91. The number of hydrogen-bond acceptors (Lipinski definition) is 9. The number of aliphatic imine (C=N–C) groups is 1. The van der Waals surface area contributed by atoms with E-state index in [1.165, 1.54) is 4.88 Å². The minimum Gasteiger partial charge on any atom is -0.391 e. The average Bonchev–Trinajstić information content (AvgIpc) is 3.66. The lowest BCUT2D eigenvalue weighted by molar-refractivity contribution is -0.134. The fourth-order valence-corrected chi connectivity index (χ4v) is 6.41. The molecule has 1 saturated heterocycles. The lowest BCUT2D eigenvalue weighted by Gasteiger charge is -2.32. The van der Waals surface area contributed by atoms with Crippen LogP contribution in [0.2, 0.25) is 0 Å². The molecule has 1 aromatic carbocycles. The molecular weight excluding hydrogens is 500 g/mol. The van der Waals surface area contributed by atoms with Crippen molar-refractivity contribution in [3.05, 3.63) is 58.6 Å². The Kier molecular flexibility index (Phi) is 7.15. The Labute approximate surface area is 227 Å². The number of likely N-dealkylation sites (tertiary alicyclic amines) is 1. The molecule has 0 saturated carbocycles. The lowest BCUT2D eigenvalue weighted by atomic mass is 9.91. The van der Waals surface area contributed by atoms with Gasteiger partial charge in [0.2, 0.25) is 5.91 Å². The Morgan fingerprint density at radius 1 is 1.29 bits per heavy atom. The molecule has 2 aliphatic heterocycles. The summed E-state index contributed by atoms with van der Waals surface area (Å²) in [5.74, 6) is 0.688. The number of amidine groups is 1. The van der Waals surface area contributed by atoms with Crippen LogP contribution in [0.25, 0.3) is 10.4 Å². The number of benzene rings is 1. The molecule has 1 amide bonds. The molecule has 2 N–H and O–H groups in total. The maximum atomic E-state index is 13.9. The van der Waals surface area contributed by atoms with Crippen LogP contribution in [0.15, 0.2) is 45.4 Å². The van der Waals surface area contributed by atoms with Crippen LogP contribution in [0, 0.1) is 19.8 Å². The number of nitrogens with zero attached hydrogens (tertiary/aromatic N) is 5. The van der Waals surface area contributed by atoms with Gasteiger partial charge < -0.3 is 20.0 Å². The van der Waals surface area contributed by atoms with Crippen LogP contribution in [0.5, 0.6) is 0 Å². The first-order chi connectivity index (χ1) is 18.1. The second-order valence-corrected chi connectivity index (χ2v) is 11.6. The molecule has 2 unspecified atom stereocenters. The molecule has 5 rings (SSSR count). The normalized spacial score (nSPS) is 24.6. The van der Waals surface area contributed by atoms with Crippen molar-refractivity contribution in [2.24, 2.45) is 10.9 Å². The van der Waals surface area contributed by atoms with E-state index in [0.717, 1.165) is 22.5 Å². The van der Waals surface area contributed by atoms with Crippen LogP contribution in [-0.2, 0) is 10.5 Å². The first-order valence-corrected chi connectivity index (χ1v) is 14.1. The quantitative estimate of drug-likeness (QED) is 0.465. The Morgan fingerprint density at radius 3 is 2.61 bits per heavy atom. The Bertz CT molecular complexity index is 1330. The minimum atomic E-state index is -0.660. The summed E-state index contributed by atoms with van der Waals surface area (Å²) in [5.41, 5.74) is 8.62. The topological polar surface area (TPSA) is 107 Å². The van der Waals surface area contributed by atoms with Crippen LogP contribution < -0.4 is 5.43 Å². The van der Waals surface area contributed by atoms with Gasteiger partial charge in [-0.05, 0) is 37.8 Å². The monoisotopic (exact) mass is 536 g/mol. The van der Waals surface area contributed by atoms with Gasteiger partial charge in [0.05, 0.1) is 33.9 Å². The highest BCUT2D eigenvalue weighted by molar-refractivity contribution is 7.13. The first kappa shape index (κ1) is 26.5. The number of hydrogen-bond donors (Lipinski definition) is 2. The Balaban J connectivity index is 1.45. The number of nitrogens with one attached hydrogen (secondary N) is 1. The van der Waals surface area contributed by atoms with Gasteiger partial charge in [0.15, 0.2) is 5.66 Å². The zero-order valence-electron chi connectivity index (χ0n) is 22.8. The van der Waals surface area contributed by atoms with Crippen LogP contribution in [0.4, 0.5) is 0 Å². The molecular formula is C28H36N6O3S. The van der Waals surface area contributed by atoms with E-state index in [2.05, 4.69) is 58.7 Å². The number of carbonyl (C=O) groups excluding carboxylic acids is 1. The molecule has 0 spiro atoms. The van der Waals surface area contributed by atoms with Crippen LogP contribution in [0.1, 0.15) is 62.7 Å². The van der Waals surface area contributed by atoms with Crippen LogP contribution >= 0.6 is 11.3 Å². The highest BCUT2D eigenvalue weighted by Crippen LogP contribution is 2.37. The van der Waals surface area contributed by atoms with Gasteiger partial charge in [-0.2, -0.15) is 5.01 Å². The lowest BCUT2D eigenvalue weighted by Crippen LogP contribution is -2.51. The molecule has 4 heterocycles. The molecule has 38 heavy (non-hydrogen) atoms. The molecule has 202 valence electrons. The maximum absolute atomic E-state index is 13.9. The largest absolute Gasteiger partial charge is 0.391 e. The third-order valence-electron chi connectivity index (χ3n) is 7.63. The Hall–Kier alpha value is -3.08. The SMILES string of the molecule is CCN1NC(C2C[C@@H](O)CN2C(=O)C(c2cc(C)no2)C(C)C)=N[C@@]1(C)c1ccc(-c2scnc2C)cc1. The van der Waals surface area contributed by atoms with Gasteiger partial charge in [0.25, 0.3) is 0 Å². The van der Waals surface area contributed by atoms with Crippen molar-refractivity contribution < 1.29 is 14.4 Å². The van der Waals surface area contributed by atoms with E-state index in [9.17, 15) is 9.90 Å². The van der Waals surface area contributed by atoms with Gasteiger partial charge >= 0.3 is 0 Å². The second-order valence-electron chi connectivity index (χ2n) is 10.7. The Morgan fingerprint density at radius 2 is 2.03 bits per heavy atom. The number of carbonyl (C=O) groups is 1. The number of hydrazine groups is 1. The van der Waals surface area contributed by atoms with Gasteiger partial charge in [0.1, 0.15) is 17.5 Å². The summed E-state index contributed by atoms with van der Waals surface area (Å²) in [6.45, 7) is 13.0. The number of rotatable bonds is 7. The van der Waals surface area contributed by atoms with E-state index in [4.69, 9.17) is 9.52 Å². The predicted molar refractivity (Wildman–Crippen MR) is 148 cm³/mol.